The van der Waals surface area contributed by atoms with Gasteiger partial charge in [-0.15, -0.1) is 0 Å². The van der Waals surface area contributed by atoms with Gasteiger partial charge < -0.3 is 9.88 Å². The van der Waals surface area contributed by atoms with Gasteiger partial charge in [-0.25, -0.2) is 9.97 Å². The summed E-state index contributed by atoms with van der Waals surface area (Å²) in [5, 5.41) is 3.13. The van der Waals surface area contributed by atoms with Crippen molar-refractivity contribution in [2.75, 3.05) is 19.6 Å². The molecule has 1 saturated heterocycles. The van der Waals surface area contributed by atoms with E-state index in [4.69, 9.17) is 0 Å². The highest BCUT2D eigenvalue weighted by Crippen LogP contribution is 2.24. The molecule has 0 saturated carbocycles. The number of carbonyl (C=O) groups excluding carboxylic acids is 1. The molecule has 3 aromatic rings. The lowest BCUT2D eigenvalue weighted by atomic mass is 10.0. The first-order chi connectivity index (χ1) is 13.7. The molecule has 1 N–H and O–H groups in total. The number of aryl methyl sites for hydroxylation is 1. The van der Waals surface area contributed by atoms with Gasteiger partial charge in [0.2, 0.25) is 0 Å². The number of rotatable bonds is 5. The van der Waals surface area contributed by atoms with Crippen molar-refractivity contribution in [2.24, 2.45) is 7.05 Å². The second-order valence-corrected chi connectivity index (χ2v) is 7.51. The minimum Gasteiger partial charge on any atom is -0.350 e. The molecule has 0 spiro atoms. The minimum atomic E-state index is -0.101. The number of amides is 1. The van der Waals surface area contributed by atoms with E-state index in [1.165, 1.54) is 31.2 Å². The highest BCUT2D eigenvalue weighted by Gasteiger charge is 2.22. The number of hydrogen-bond donors (Lipinski definition) is 1. The summed E-state index contributed by atoms with van der Waals surface area (Å²) < 4.78 is 1.85. The van der Waals surface area contributed by atoms with E-state index < -0.39 is 0 Å². The first-order valence-electron chi connectivity index (χ1n) is 10.1. The van der Waals surface area contributed by atoms with Crippen molar-refractivity contribution < 1.29 is 4.79 Å². The van der Waals surface area contributed by atoms with E-state index >= 15 is 0 Å². The molecule has 146 valence electrons. The van der Waals surface area contributed by atoms with Gasteiger partial charge in [-0.2, -0.15) is 0 Å². The van der Waals surface area contributed by atoms with E-state index in [9.17, 15) is 4.79 Å². The molecule has 6 heteroatoms. The third kappa shape index (κ3) is 4.07. The maximum atomic E-state index is 12.8. The van der Waals surface area contributed by atoms with Gasteiger partial charge in [0.15, 0.2) is 5.65 Å². The molecular weight excluding hydrogens is 350 g/mol. The van der Waals surface area contributed by atoms with Gasteiger partial charge in [0.05, 0.1) is 17.9 Å². The SMILES string of the molecule is Cn1cnc2cc(C(=O)NCC(c3ccccc3)N3CCCCCC3)cnc21. The van der Waals surface area contributed by atoms with Crippen molar-refractivity contribution in [2.45, 2.75) is 31.7 Å². The predicted molar refractivity (Wildman–Crippen MR) is 110 cm³/mol. The van der Waals surface area contributed by atoms with Crippen LogP contribution in [0.2, 0.25) is 0 Å². The first kappa shape index (κ1) is 18.6. The highest BCUT2D eigenvalue weighted by molar-refractivity contribution is 5.96. The summed E-state index contributed by atoms with van der Waals surface area (Å²) in [5.74, 6) is -0.101. The summed E-state index contributed by atoms with van der Waals surface area (Å²) in [6.45, 7) is 2.75. The monoisotopic (exact) mass is 377 g/mol. The average molecular weight is 377 g/mol. The molecule has 3 heterocycles. The molecule has 1 aliphatic rings. The molecule has 1 unspecified atom stereocenters. The fourth-order valence-corrected chi connectivity index (χ4v) is 3.97. The van der Waals surface area contributed by atoms with Crippen LogP contribution >= 0.6 is 0 Å². The Morgan fingerprint density at radius 3 is 2.61 bits per heavy atom. The summed E-state index contributed by atoms with van der Waals surface area (Å²) in [6.07, 6.45) is 8.36. The second kappa shape index (κ2) is 8.52. The van der Waals surface area contributed by atoms with Crippen LogP contribution in [0.5, 0.6) is 0 Å². The molecule has 1 atom stereocenters. The summed E-state index contributed by atoms with van der Waals surface area (Å²) in [4.78, 5) is 24.0. The number of hydrogen-bond acceptors (Lipinski definition) is 4. The zero-order valence-corrected chi connectivity index (χ0v) is 16.3. The van der Waals surface area contributed by atoms with Crippen LogP contribution in [-0.2, 0) is 7.05 Å². The molecule has 28 heavy (non-hydrogen) atoms. The van der Waals surface area contributed by atoms with E-state index in [1.54, 1.807) is 18.6 Å². The lowest BCUT2D eigenvalue weighted by Crippen LogP contribution is -2.38. The van der Waals surface area contributed by atoms with Gasteiger partial charge in [0, 0.05) is 19.8 Å². The zero-order valence-electron chi connectivity index (χ0n) is 16.3. The number of pyridine rings is 1. The third-order valence-corrected chi connectivity index (χ3v) is 5.54. The quantitative estimate of drug-likeness (QED) is 0.741. The van der Waals surface area contributed by atoms with Crippen molar-refractivity contribution >= 4 is 17.1 Å². The molecule has 4 rings (SSSR count). The van der Waals surface area contributed by atoms with Gasteiger partial charge in [0.25, 0.3) is 5.91 Å². The van der Waals surface area contributed by atoms with Gasteiger partial charge in [0.1, 0.15) is 5.52 Å². The number of nitrogens with one attached hydrogen (secondary N) is 1. The Morgan fingerprint density at radius 2 is 1.86 bits per heavy atom. The molecule has 0 aliphatic carbocycles. The lowest BCUT2D eigenvalue weighted by Gasteiger charge is -2.31. The van der Waals surface area contributed by atoms with Gasteiger partial charge in [-0.3, -0.25) is 9.69 Å². The van der Waals surface area contributed by atoms with Crippen molar-refractivity contribution in [1.29, 1.82) is 0 Å². The molecule has 0 radical (unpaired) electrons. The number of benzene rings is 1. The Kier molecular flexibility index (Phi) is 5.67. The Balaban J connectivity index is 1.50. The van der Waals surface area contributed by atoms with Crippen molar-refractivity contribution in [3.05, 3.63) is 60.0 Å². The largest absolute Gasteiger partial charge is 0.350 e. The van der Waals surface area contributed by atoms with E-state index in [-0.39, 0.29) is 11.9 Å². The molecule has 6 nitrogen and oxygen atoms in total. The Bertz CT molecular complexity index is 929. The summed E-state index contributed by atoms with van der Waals surface area (Å²) >= 11 is 0. The predicted octanol–water partition coefficient (Wildman–Crippen LogP) is 3.32. The number of imidazole rings is 1. The standard InChI is InChI=1S/C22H27N5O/c1-26-16-25-19-13-18(14-23-21(19)26)22(28)24-15-20(17-9-5-4-6-10-17)27-11-7-2-3-8-12-27/h4-6,9-10,13-14,16,20H,2-3,7-8,11-12,15H2,1H3,(H,24,28). The van der Waals surface area contributed by atoms with Crippen LogP contribution < -0.4 is 5.32 Å². The van der Waals surface area contributed by atoms with Crippen LogP contribution in [0, 0.1) is 0 Å². The topological polar surface area (TPSA) is 63.1 Å². The van der Waals surface area contributed by atoms with E-state index in [1.807, 2.05) is 17.7 Å². The van der Waals surface area contributed by atoms with Crippen LogP contribution in [0.25, 0.3) is 11.2 Å². The minimum absolute atomic E-state index is 0.101. The maximum Gasteiger partial charge on any atom is 0.252 e. The molecule has 1 aromatic carbocycles. The number of fused-ring (bicyclic) bond motifs is 1. The van der Waals surface area contributed by atoms with Crippen LogP contribution in [0.3, 0.4) is 0 Å². The molecule has 0 bridgehead atoms. The number of carbonyl (C=O) groups is 1. The van der Waals surface area contributed by atoms with Crippen molar-refractivity contribution in [3.8, 4) is 0 Å². The van der Waals surface area contributed by atoms with E-state index in [0.29, 0.717) is 12.1 Å². The van der Waals surface area contributed by atoms with E-state index in [0.717, 1.165) is 24.3 Å². The summed E-state index contributed by atoms with van der Waals surface area (Å²) in [6, 6.07) is 12.5. The average Bonchev–Trinajstić information content (AvgIpc) is 2.93. The number of likely N-dealkylation sites (tertiary alicyclic amines) is 1. The van der Waals surface area contributed by atoms with Crippen LogP contribution in [0.15, 0.2) is 48.9 Å². The Morgan fingerprint density at radius 1 is 1.11 bits per heavy atom. The summed E-state index contributed by atoms with van der Waals surface area (Å²) in [7, 11) is 1.90. The van der Waals surface area contributed by atoms with Crippen molar-refractivity contribution in [3.63, 3.8) is 0 Å². The van der Waals surface area contributed by atoms with Crippen LogP contribution in [0.1, 0.15) is 47.6 Å². The Hall–Kier alpha value is -2.73. The normalized spacial score (nSPS) is 16.6. The molecule has 1 aliphatic heterocycles. The van der Waals surface area contributed by atoms with Gasteiger partial charge in [-0.1, -0.05) is 43.2 Å². The fourth-order valence-electron chi connectivity index (χ4n) is 3.97. The van der Waals surface area contributed by atoms with Crippen LogP contribution in [-0.4, -0.2) is 45.0 Å². The lowest BCUT2D eigenvalue weighted by molar-refractivity contribution is 0.0933. The number of nitrogens with zero attached hydrogens (tertiary/aromatic N) is 4. The van der Waals surface area contributed by atoms with Gasteiger partial charge in [-0.05, 0) is 37.6 Å². The second-order valence-electron chi connectivity index (χ2n) is 7.51. The molecular formula is C22H27N5O. The van der Waals surface area contributed by atoms with Crippen molar-refractivity contribution in [1.82, 2.24) is 24.8 Å². The number of aromatic nitrogens is 3. The molecule has 1 fully saturated rings. The highest BCUT2D eigenvalue weighted by atomic mass is 16.1. The first-order valence-corrected chi connectivity index (χ1v) is 10.1. The summed E-state index contributed by atoms with van der Waals surface area (Å²) in [5.41, 5.74) is 3.32. The zero-order chi connectivity index (χ0) is 19.3. The van der Waals surface area contributed by atoms with Gasteiger partial charge >= 0.3 is 0 Å². The Labute approximate surface area is 165 Å². The third-order valence-electron chi connectivity index (χ3n) is 5.54. The van der Waals surface area contributed by atoms with Crippen LogP contribution in [0.4, 0.5) is 0 Å². The molecule has 2 aromatic heterocycles. The van der Waals surface area contributed by atoms with E-state index in [2.05, 4.69) is 44.5 Å². The molecule has 1 amide bonds. The smallest absolute Gasteiger partial charge is 0.252 e. The fraction of sp³-hybridized carbons (Fsp3) is 0.409. The maximum absolute atomic E-state index is 12.8.